The van der Waals surface area contributed by atoms with Crippen molar-refractivity contribution in [1.29, 1.82) is 0 Å². The van der Waals surface area contributed by atoms with Gasteiger partial charge in [-0.25, -0.2) is 0 Å². The summed E-state index contributed by atoms with van der Waals surface area (Å²) >= 11 is 0. The summed E-state index contributed by atoms with van der Waals surface area (Å²) in [6.45, 7) is 2.30. The van der Waals surface area contributed by atoms with E-state index in [1.54, 1.807) is 7.11 Å². The van der Waals surface area contributed by atoms with Crippen molar-refractivity contribution in [2.75, 3.05) is 7.11 Å². The quantitative estimate of drug-likeness (QED) is 0.859. The molecule has 2 atom stereocenters. The van der Waals surface area contributed by atoms with Gasteiger partial charge in [0.2, 0.25) is 0 Å². The summed E-state index contributed by atoms with van der Waals surface area (Å²) in [5, 5.41) is 3.79. The lowest BCUT2D eigenvalue weighted by Crippen LogP contribution is -2.41. The topological polar surface area (TPSA) is 21.3 Å². The van der Waals surface area contributed by atoms with Crippen molar-refractivity contribution in [3.63, 3.8) is 0 Å². The van der Waals surface area contributed by atoms with E-state index in [1.807, 2.05) is 6.07 Å². The highest BCUT2D eigenvalue weighted by Crippen LogP contribution is 2.41. The van der Waals surface area contributed by atoms with E-state index in [1.165, 1.54) is 31.2 Å². The third-order valence-electron chi connectivity index (χ3n) is 4.60. The van der Waals surface area contributed by atoms with Gasteiger partial charge in [0.15, 0.2) is 0 Å². The van der Waals surface area contributed by atoms with Gasteiger partial charge < -0.3 is 10.1 Å². The van der Waals surface area contributed by atoms with Crippen molar-refractivity contribution in [3.05, 3.63) is 29.8 Å². The minimum Gasteiger partial charge on any atom is -0.497 e. The number of nitrogens with one attached hydrogen (secondary N) is 1. The lowest BCUT2D eigenvalue weighted by molar-refractivity contribution is 0.284. The van der Waals surface area contributed by atoms with Crippen LogP contribution in [0.5, 0.6) is 5.75 Å². The zero-order valence-corrected chi connectivity index (χ0v) is 11.4. The molecule has 2 unspecified atom stereocenters. The van der Waals surface area contributed by atoms with E-state index >= 15 is 0 Å². The van der Waals surface area contributed by atoms with Crippen LogP contribution in [0.25, 0.3) is 0 Å². The molecule has 1 aromatic rings. The van der Waals surface area contributed by atoms with Crippen molar-refractivity contribution in [2.24, 2.45) is 5.92 Å². The molecule has 0 spiro atoms. The second-order valence-electron chi connectivity index (χ2n) is 5.82. The molecule has 0 saturated heterocycles. The van der Waals surface area contributed by atoms with Gasteiger partial charge in [0, 0.05) is 12.1 Å². The maximum absolute atomic E-state index is 5.29. The molecular weight excluding hydrogens is 222 g/mol. The SMILES string of the molecule is CCC1CC1NC1CC(c2cccc(OC)c2)C1. The van der Waals surface area contributed by atoms with E-state index in [-0.39, 0.29) is 0 Å². The summed E-state index contributed by atoms with van der Waals surface area (Å²) < 4.78 is 5.29. The lowest BCUT2D eigenvalue weighted by atomic mass is 9.76. The van der Waals surface area contributed by atoms with Crippen LogP contribution in [0.4, 0.5) is 0 Å². The summed E-state index contributed by atoms with van der Waals surface area (Å²) in [5.41, 5.74) is 1.44. The Morgan fingerprint density at radius 3 is 2.78 bits per heavy atom. The van der Waals surface area contributed by atoms with E-state index in [9.17, 15) is 0 Å². The summed E-state index contributed by atoms with van der Waals surface area (Å²) in [7, 11) is 1.74. The molecule has 2 aliphatic rings. The Kier molecular flexibility index (Phi) is 3.29. The van der Waals surface area contributed by atoms with Gasteiger partial charge in [-0.2, -0.15) is 0 Å². The van der Waals surface area contributed by atoms with Gasteiger partial charge in [0.25, 0.3) is 0 Å². The molecular formula is C16H23NO. The molecule has 2 aliphatic carbocycles. The first kappa shape index (κ1) is 12.0. The van der Waals surface area contributed by atoms with Crippen LogP contribution < -0.4 is 10.1 Å². The van der Waals surface area contributed by atoms with Crippen LogP contribution >= 0.6 is 0 Å². The minimum absolute atomic E-state index is 0.733. The summed E-state index contributed by atoms with van der Waals surface area (Å²) in [5.74, 6) is 2.68. The Morgan fingerprint density at radius 2 is 2.11 bits per heavy atom. The Labute approximate surface area is 110 Å². The third kappa shape index (κ3) is 2.39. The first-order valence-corrected chi connectivity index (χ1v) is 7.20. The van der Waals surface area contributed by atoms with Crippen LogP contribution in [-0.2, 0) is 0 Å². The Bertz CT molecular complexity index is 411. The predicted octanol–water partition coefficient (Wildman–Crippen LogP) is 3.33. The molecule has 3 rings (SSSR count). The van der Waals surface area contributed by atoms with E-state index in [0.717, 1.165) is 29.7 Å². The van der Waals surface area contributed by atoms with Crippen molar-refractivity contribution < 1.29 is 4.74 Å². The third-order valence-corrected chi connectivity index (χ3v) is 4.60. The largest absolute Gasteiger partial charge is 0.497 e. The Balaban J connectivity index is 1.49. The Morgan fingerprint density at radius 1 is 1.28 bits per heavy atom. The summed E-state index contributed by atoms with van der Waals surface area (Å²) in [6.07, 6.45) is 5.32. The fraction of sp³-hybridized carbons (Fsp3) is 0.625. The van der Waals surface area contributed by atoms with Crippen molar-refractivity contribution >= 4 is 0 Å². The first-order valence-electron chi connectivity index (χ1n) is 7.20. The van der Waals surface area contributed by atoms with Crippen molar-refractivity contribution in [1.82, 2.24) is 5.32 Å². The predicted molar refractivity (Wildman–Crippen MR) is 74.1 cm³/mol. The molecule has 2 heteroatoms. The van der Waals surface area contributed by atoms with Crippen LogP contribution in [0.15, 0.2) is 24.3 Å². The monoisotopic (exact) mass is 245 g/mol. The molecule has 0 aromatic heterocycles. The second-order valence-corrected chi connectivity index (χ2v) is 5.82. The zero-order chi connectivity index (χ0) is 12.5. The Hall–Kier alpha value is -1.02. The smallest absolute Gasteiger partial charge is 0.119 e. The number of rotatable bonds is 5. The number of benzene rings is 1. The molecule has 0 bridgehead atoms. The van der Waals surface area contributed by atoms with Gasteiger partial charge in [-0.1, -0.05) is 25.5 Å². The highest BCUT2D eigenvalue weighted by atomic mass is 16.5. The highest BCUT2D eigenvalue weighted by molar-refractivity contribution is 5.32. The molecule has 18 heavy (non-hydrogen) atoms. The molecule has 0 amide bonds. The molecule has 0 aliphatic heterocycles. The molecule has 2 fully saturated rings. The van der Waals surface area contributed by atoms with Crippen molar-refractivity contribution in [3.8, 4) is 5.75 Å². The lowest BCUT2D eigenvalue weighted by Gasteiger charge is -2.36. The molecule has 2 nitrogen and oxygen atoms in total. The second kappa shape index (κ2) is 4.93. The van der Waals surface area contributed by atoms with E-state index in [2.05, 4.69) is 30.4 Å². The standard InChI is InChI=1S/C16H23NO/c1-3-11-10-16(11)17-14-7-13(8-14)12-5-4-6-15(9-12)18-2/h4-6,9,11,13-14,16-17H,3,7-8,10H2,1-2H3. The molecule has 0 heterocycles. The van der Waals surface area contributed by atoms with Crippen LogP contribution in [0, 0.1) is 5.92 Å². The fourth-order valence-corrected chi connectivity index (χ4v) is 3.13. The summed E-state index contributed by atoms with van der Waals surface area (Å²) in [6, 6.07) is 10.1. The van der Waals surface area contributed by atoms with Gasteiger partial charge in [0.1, 0.15) is 5.75 Å². The number of hydrogen-bond acceptors (Lipinski definition) is 2. The van der Waals surface area contributed by atoms with Crippen LogP contribution in [0.3, 0.4) is 0 Å². The van der Waals surface area contributed by atoms with E-state index in [4.69, 9.17) is 4.74 Å². The number of hydrogen-bond donors (Lipinski definition) is 1. The van der Waals surface area contributed by atoms with E-state index < -0.39 is 0 Å². The molecule has 0 radical (unpaired) electrons. The van der Waals surface area contributed by atoms with Gasteiger partial charge >= 0.3 is 0 Å². The van der Waals surface area contributed by atoms with Gasteiger partial charge in [-0.3, -0.25) is 0 Å². The average Bonchev–Trinajstić information content (AvgIpc) is 3.12. The van der Waals surface area contributed by atoms with Gasteiger partial charge in [-0.15, -0.1) is 0 Å². The maximum Gasteiger partial charge on any atom is 0.119 e. The van der Waals surface area contributed by atoms with E-state index in [0.29, 0.717) is 0 Å². The van der Waals surface area contributed by atoms with Crippen LogP contribution in [-0.4, -0.2) is 19.2 Å². The molecule has 98 valence electrons. The van der Waals surface area contributed by atoms with Gasteiger partial charge in [0.05, 0.1) is 7.11 Å². The fourth-order valence-electron chi connectivity index (χ4n) is 3.13. The van der Waals surface area contributed by atoms with Gasteiger partial charge in [-0.05, 0) is 48.8 Å². The average molecular weight is 245 g/mol. The zero-order valence-electron chi connectivity index (χ0n) is 11.4. The minimum atomic E-state index is 0.733. The van der Waals surface area contributed by atoms with Crippen LogP contribution in [0.1, 0.15) is 44.1 Å². The molecule has 2 saturated carbocycles. The van der Waals surface area contributed by atoms with Crippen LogP contribution in [0.2, 0.25) is 0 Å². The normalized spacial score (nSPS) is 33.9. The number of ether oxygens (including phenoxy) is 1. The first-order chi connectivity index (χ1) is 8.80. The number of methoxy groups -OCH3 is 1. The molecule has 1 aromatic carbocycles. The summed E-state index contributed by atoms with van der Waals surface area (Å²) in [4.78, 5) is 0. The highest BCUT2D eigenvalue weighted by Gasteiger charge is 2.40. The van der Waals surface area contributed by atoms with Crippen molar-refractivity contribution in [2.45, 2.75) is 50.6 Å². The molecule has 1 N–H and O–H groups in total. The maximum atomic E-state index is 5.29.